The van der Waals surface area contributed by atoms with Gasteiger partial charge in [0.05, 0.1) is 12.3 Å². The first kappa shape index (κ1) is 19.6. The molecule has 1 atom stereocenters. The zero-order valence-electron chi connectivity index (χ0n) is 16.8. The summed E-state index contributed by atoms with van der Waals surface area (Å²) in [5.74, 6) is -0.0560. The molecule has 2 aromatic carbocycles. The van der Waals surface area contributed by atoms with Crippen molar-refractivity contribution in [3.8, 4) is 0 Å². The summed E-state index contributed by atoms with van der Waals surface area (Å²) in [6, 6.07) is 14.6. The van der Waals surface area contributed by atoms with Crippen LogP contribution < -0.4 is 0 Å². The molecule has 5 heteroatoms. The molecule has 1 aliphatic heterocycles. The molecule has 1 heterocycles. The molecule has 4 nitrogen and oxygen atoms in total. The van der Waals surface area contributed by atoms with Crippen molar-refractivity contribution in [2.24, 2.45) is 11.1 Å². The molecule has 1 aliphatic carbocycles. The summed E-state index contributed by atoms with van der Waals surface area (Å²) in [6.45, 7) is 2.92. The fourth-order valence-corrected chi connectivity index (χ4v) is 4.35. The van der Waals surface area contributed by atoms with E-state index in [2.05, 4.69) is 18.1 Å². The molecule has 1 fully saturated rings. The number of rotatable bonds is 6. The van der Waals surface area contributed by atoms with Gasteiger partial charge in [0.2, 0.25) is 5.91 Å². The van der Waals surface area contributed by atoms with Crippen molar-refractivity contribution in [2.45, 2.75) is 51.7 Å². The van der Waals surface area contributed by atoms with Crippen LogP contribution in [-0.2, 0) is 16.2 Å². The van der Waals surface area contributed by atoms with Crippen LogP contribution in [0.25, 0.3) is 0 Å². The molecule has 4 rings (SSSR count). The average Bonchev–Trinajstić information content (AvgIpc) is 3.40. The molecule has 0 radical (unpaired) electrons. The SMILES string of the molecule is Cc1ccccc1C1=NO[C@@H](CN(Cc2cccc(F)c2)C(=O)C2CCCC2)C1. The van der Waals surface area contributed by atoms with Gasteiger partial charge in [-0.1, -0.05) is 54.4 Å². The number of carbonyl (C=O) groups is 1. The van der Waals surface area contributed by atoms with Gasteiger partial charge in [0.25, 0.3) is 0 Å². The molecule has 0 bridgehead atoms. The average molecular weight is 394 g/mol. The van der Waals surface area contributed by atoms with Gasteiger partial charge < -0.3 is 9.74 Å². The van der Waals surface area contributed by atoms with Crippen LogP contribution in [0.15, 0.2) is 53.7 Å². The summed E-state index contributed by atoms with van der Waals surface area (Å²) in [4.78, 5) is 20.7. The standard InChI is InChI=1S/C24H27FN2O2/c1-17-7-2-5-12-22(17)23-14-21(29-26-23)16-27(24(28)19-9-3-4-10-19)15-18-8-6-11-20(25)13-18/h2,5-8,11-13,19,21H,3-4,9-10,14-16H2,1H3/t21-/m1/s1. The van der Waals surface area contributed by atoms with Gasteiger partial charge in [-0.25, -0.2) is 4.39 Å². The minimum absolute atomic E-state index is 0.0710. The summed E-state index contributed by atoms with van der Waals surface area (Å²) in [5, 5.41) is 4.30. The smallest absolute Gasteiger partial charge is 0.226 e. The molecule has 2 aromatic rings. The highest BCUT2D eigenvalue weighted by molar-refractivity contribution is 6.02. The molecule has 1 saturated carbocycles. The van der Waals surface area contributed by atoms with E-state index in [1.807, 2.05) is 29.2 Å². The van der Waals surface area contributed by atoms with Crippen molar-refractivity contribution in [3.05, 3.63) is 71.0 Å². The molecule has 0 saturated heterocycles. The van der Waals surface area contributed by atoms with Crippen molar-refractivity contribution >= 4 is 11.6 Å². The highest BCUT2D eigenvalue weighted by atomic mass is 19.1. The van der Waals surface area contributed by atoms with E-state index in [1.54, 1.807) is 6.07 Å². The van der Waals surface area contributed by atoms with Gasteiger partial charge in [0.1, 0.15) is 5.82 Å². The fourth-order valence-electron chi connectivity index (χ4n) is 4.35. The van der Waals surface area contributed by atoms with Gasteiger partial charge in [-0.15, -0.1) is 0 Å². The number of hydrogen-bond donors (Lipinski definition) is 0. The summed E-state index contributed by atoms with van der Waals surface area (Å²) in [7, 11) is 0. The third-order valence-electron chi connectivity index (χ3n) is 5.89. The van der Waals surface area contributed by atoms with Crippen LogP contribution in [0, 0.1) is 18.7 Å². The molecular formula is C24H27FN2O2. The first-order valence-corrected chi connectivity index (χ1v) is 10.4. The van der Waals surface area contributed by atoms with E-state index < -0.39 is 0 Å². The second-order valence-electron chi connectivity index (χ2n) is 8.11. The first-order chi connectivity index (χ1) is 14.1. The fraction of sp³-hybridized carbons (Fsp3) is 0.417. The molecular weight excluding hydrogens is 367 g/mol. The maximum absolute atomic E-state index is 13.7. The quantitative estimate of drug-likeness (QED) is 0.703. The van der Waals surface area contributed by atoms with Crippen molar-refractivity contribution in [1.82, 2.24) is 4.90 Å². The predicted octanol–water partition coefficient (Wildman–Crippen LogP) is 4.85. The number of oxime groups is 1. The minimum Gasteiger partial charge on any atom is -0.390 e. The number of amides is 1. The van der Waals surface area contributed by atoms with Gasteiger partial charge in [-0.3, -0.25) is 4.79 Å². The molecule has 0 spiro atoms. The molecule has 0 N–H and O–H groups in total. The maximum atomic E-state index is 13.7. The van der Waals surface area contributed by atoms with Crippen LogP contribution >= 0.6 is 0 Å². The second-order valence-corrected chi connectivity index (χ2v) is 8.11. The Bertz CT molecular complexity index is 905. The zero-order chi connectivity index (χ0) is 20.2. The van der Waals surface area contributed by atoms with Crippen molar-refractivity contribution in [2.75, 3.05) is 6.54 Å². The van der Waals surface area contributed by atoms with Crippen molar-refractivity contribution in [1.29, 1.82) is 0 Å². The lowest BCUT2D eigenvalue weighted by molar-refractivity contribution is -0.137. The lowest BCUT2D eigenvalue weighted by Crippen LogP contribution is -2.40. The van der Waals surface area contributed by atoms with E-state index in [0.717, 1.165) is 48.1 Å². The number of benzene rings is 2. The summed E-state index contributed by atoms with van der Waals surface area (Å²) < 4.78 is 13.7. The second kappa shape index (κ2) is 8.76. The molecule has 0 unspecified atom stereocenters. The Hall–Kier alpha value is -2.69. The van der Waals surface area contributed by atoms with E-state index in [1.165, 1.54) is 12.1 Å². The highest BCUT2D eigenvalue weighted by Gasteiger charge is 2.31. The lowest BCUT2D eigenvalue weighted by Gasteiger charge is -2.27. The Labute approximate surface area is 171 Å². The van der Waals surface area contributed by atoms with Crippen molar-refractivity contribution < 1.29 is 14.0 Å². The monoisotopic (exact) mass is 394 g/mol. The summed E-state index contributed by atoms with van der Waals surface area (Å²) >= 11 is 0. The van der Waals surface area contributed by atoms with E-state index in [4.69, 9.17) is 4.84 Å². The largest absolute Gasteiger partial charge is 0.390 e. The Morgan fingerprint density at radius 3 is 2.72 bits per heavy atom. The molecule has 2 aliphatic rings. The Balaban J connectivity index is 1.47. The third kappa shape index (κ3) is 4.66. The van der Waals surface area contributed by atoms with Gasteiger partial charge in [-0.05, 0) is 43.0 Å². The Morgan fingerprint density at radius 2 is 1.97 bits per heavy atom. The number of hydrogen-bond acceptors (Lipinski definition) is 3. The van der Waals surface area contributed by atoms with E-state index in [9.17, 15) is 9.18 Å². The maximum Gasteiger partial charge on any atom is 0.226 e. The van der Waals surface area contributed by atoms with E-state index in [-0.39, 0.29) is 23.7 Å². The summed E-state index contributed by atoms with van der Waals surface area (Å²) in [5.41, 5.74) is 3.98. The number of carbonyl (C=O) groups excluding carboxylic acids is 1. The molecule has 1 amide bonds. The summed E-state index contributed by atoms with van der Waals surface area (Å²) in [6.07, 6.45) is 4.57. The van der Waals surface area contributed by atoms with Gasteiger partial charge in [0.15, 0.2) is 6.10 Å². The topological polar surface area (TPSA) is 41.9 Å². The van der Waals surface area contributed by atoms with Gasteiger partial charge >= 0.3 is 0 Å². The van der Waals surface area contributed by atoms with Crippen LogP contribution in [0.1, 0.15) is 48.8 Å². The van der Waals surface area contributed by atoms with Crippen LogP contribution in [0.3, 0.4) is 0 Å². The van der Waals surface area contributed by atoms with Crippen LogP contribution in [0.2, 0.25) is 0 Å². The highest BCUT2D eigenvalue weighted by Crippen LogP contribution is 2.28. The number of aryl methyl sites for hydroxylation is 1. The normalized spacial score (nSPS) is 19.1. The zero-order valence-corrected chi connectivity index (χ0v) is 16.8. The first-order valence-electron chi connectivity index (χ1n) is 10.4. The van der Waals surface area contributed by atoms with Gasteiger partial charge in [0, 0.05) is 24.4 Å². The van der Waals surface area contributed by atoms with Crippen LogP contribution in [0.4, 0.5) is 4.39 Å². The van der Waals surface area contributed by atoms with Crippen LogP contribution in [0.5, 0.6) is 0 Å². The third-order valence-corrected chi connectivity index (χ3v) is 5.89. The minimum atomic E-state index is -0.280. The van der Waals surface area contributed by atoms with E-state index in [0.29, 0.717) is 19.5 Å². The molecule has 29 heavy (non-hydrogen) atoms. The number of halogens is 1. The Kier molecular flexibility index (Phi) is 5.93. The van der Waals surface area contributed by atoms with E-state index >= 15 is 0 Å². The number of nitrogens with zero attached hydrogens (tertiary/aromatic N) is 2. The van der Waals surface area contributed by atoms with Crippen molar-refractivity contribution in [3.63, 3.8) is 0 Å². The Morgan fingerprint density at radius 1 is 1.17 bits per heavy atom. The lowest BCUT2D eigenvalue weighted by atomic mass is 9.99. The van der Waals surface area contributed by atoms with Crippen LogP contribution in [-0.4, -0.2) is 29.2 Å². The molecule has 152 valence electrons. The predicted molar refractivity (Wildman–Crippen MR) is 111 cm³/mol. The molecule has 0 aromatic heterocycles. The van der Waals surface area contributed by atoms with Gasteiger partial charge in [-0.2, -0.15) is 0 Å².